The topological polar surface area (TPSA) is 95.0 Å². The number of nitrogens with zero attached hydrogens (tertiary/aromatic N) is 3. The Morgan fingerprint density at radius 3 is 2.33 bits per heavy atom. The number of amides is 1. The summed E-state index contributed by atoms with van der Waals surface area (Å²) in [6.07, 6.45) is 3.57. The number of carboxylic acids is 1. The summed E-state index contributed by atoms with van der Waals surface area (Å²) < 4.78 is 11.3. The van der Waals surface area contributed by atoms with E-state index in [1.54, 1.807) is 4.90 Å². The van der Waals surface area contributed by atoms with E-state index in [1.807, 2.05) is 45.0 Å². The fraction of sp³-hybridized carbons (Fsp3) is 0.458. The number of aromatic nitrogens is 1. The third kappa shape index (κ3) is 8.08. The average molecular weight is 447 g/mol. The molecule has 0 unspecified atom stereocenters. The van der Waals surface area contributed by atoms with Gasteiger partial charge in [-0.2, -0.15) is 0 Å². The third-order valence-corrected chi connectivity index (χ3v) is 5.12. The Morgan fingerprint density at radius 1 is 1.06 bits per heavy atom. The maximum atomic E-state index is 12.1. The van der Waals surface area contributed by atoms with Crippen molar-refractivity contribution in [2.24, 2.45) is 0 Å². The Labute approximate surface area is 207 Å². The van der Waals surface area contributed by atoms with Gasteiger partial charge in [-0.05, 0) is 51.0 Å². The van der Waals surface area contributed by atoms with Gasteiger partial charge in [0.15, 0.2) is 0 Å². The van der Waals surface area contributed by atoms with Gasteiger partial charge in [0.1, 0.15) is 11.4 Å². The molecule has 0 saturated carbocycles. The summed E-state index contributed by atoms with van der Waals surface area (Å²) in [6.45, 7) is 10.1. The van der Waals surface area contributed by atoms with E-state index in [0.29, 0.717) is 25.3 Å². The van der Waals surface area contributed by atoms with Crippen LogP contribution in [0, 0.1) is 0 Å². The molecule has 1 aromatic heterocycles. The van der Waals surface area contributed by atoms with E-state index in [1.165, 1.54) is 18.5 Å². The number of carbonyl (C=O) groups excluding carboxylic acids is 2. The summed E-state index contributed by atoms with van der Waals surface area (Å²) >= 11 is 0. The number of pyridine rings is 1. The van der Waals surface area contributed by atoms with Gasteiger partial charge in [0, 0.05) is 56.2 Å². The molecule has 8 nitrogen and oxygen atoms in total. The van der Waals surface area contributed by atoms with Gasteiger partial charge in [-0.3, -0.25) is 9.88 Å². The van der Waals surface area contributed by atoms with Crippen LogP contribution < -0.4 is 28.7 Å². The predicted molar refractivity (Wildman–Crippen MR) is 118 cm³/mol. The van der Waals surface area contributed by atoms with Gasteiger partial charge in [0.2, 0.25) is 0 Å². The van der Waals surface area contributed by atoms with Crippen molar-refractivity contribution in [3.8, 4) is 16.9 Å². The van der Waals surface area contributed by atoms with Crippen LogP contribution in [0.3, 0.4) is 0 Å². The van der Waals surface area contributed by atoms with E-state index in [9.17, 15) is 14.7 Å². The van der Waals surface area contributed by atoms with Crippen LogP contribution in [0.25, 0.3) is 11.1 Å². The number of aromatic carboxylic acids is 1. The molecule has 9 heteroatoms. The monoisotopic (exact) mass is 447 g/mol. The van der Waals surface area contributed by atoms with Gasteiger partial charge in [0.05, 0.1) is 12.6 Å². The summed E-state index contributed by atoms with van der Waals surface area (Å²) in [5, 5.41) is 11.3. The first kappa shape index (κ1) is 26.7. The van der Waals surface area contributed by atoms with E-state index in [0.717, 1.165) is 37.4 Å². The number of piperazine rings is 1. The van der Waals surface area contributed by atoms with Crippen molar-refractivity contribution in [3.63, 3.8) is 0 Å². The maximum Gasteiger partial charge on any atom is 1.00 e. The van der Waals surface area contributed by atoms with Crippen LogP contribution in [-0.4, -0.2) is 71.8 Å². The molecule has 1 fully saturated rings. The first-order valence-electron chi connectivity index (χ1n) is 10.8. The van der Waals surface area contributed by atoms with E-state index in [2.05, 4.69) is 9.88 Å². The molecule has 1 aliphatic rings. The molecule has 2 heterocycles. The number of carbonyl (C=O) groups is 2. The Kier molecular flexibility index (Phi) is 9.78. The van der Waals surface area contributed by atoms with Crippen molar-refractivity contribution < 1.29 is 43.0 Å². The van der Waals surface area contributed by atoms with Crippen LogP contribution in [0.1, 0.15) is 37.6 Å². The first-order chi connectivity index (χ1) is 15.2. The predicted octanol–water partition coefficient (Wildman–Crippen LogP) is -0.562. The number of rotatable bonds is 7. The number of benzene rings is 1. The zero-order valence-corrected chi connectivity index (χ0v) is 19.9. The molecular weight excluding hydrogens is 417 g/mol. The van der Waals surface area contributed by atoms with Crippen LogP contribution >= 0.6 is 0 Å². The summed E-state index contributed by atoms with van der Waals surface area (Å²) in [6, 6.07) is 8.70. The van der Waals surface area contributed by atoms with Gasteiger partial charge < -0.3 is 24.3 Å². The molecule has 2 aromatic rings. The molecule has 172 valence electrons. The maximum absolute atomic E-state index is 12.1. The number of carboxylic acid groups (broad SMARTS) is 1. The summed E-state index contributed by atoms with van der Waals surface area (Å²) in [5.41, 5.74) is 0.898. The molecule has 0 N–H and O–H groups in total. The van der Waals surface area contributed by atoms with E-state index >= 15 is 0 Å². The number of ether oxygens (including phenoxy) is 2. The SMILES string of the molecule is CC(C)(C)OC(=O)N1CCN(CCCOc2ccc(-c3cnccc3C(=O)[O-])cc2)CC1.[Li+]. The molecule has 0 aliphatic carbocycles. The van der Waals surface area contributed by atoms with Crippen LogP contribution in [0.2, 0.25) is 0 Å². The van der Waals surface area contributed by atoms with Gasteiger partial charge in [-0.25, -0.2) is 4.79 Å². The molecule has 33 heavy (non-hydrogen) atoms. The fourth-order valence-corrected chi connectivity index (χ4v) is 3.49. The molecule has 0 spiro atoms. The number of hydrogen-bond donors (Lipinski definition) is 0. The van der Waals surface area contributed by atoms with Crippen LogP contribution in [-0.2, 0) is 4.74 Å². The third-order valence-electron chi connectivity index (χ3n) is 5.12. The van der Waals surface area contributed by atoms with Crippen LogP contribution in [0.4, 0.5) is 4.79 Å². The van der Waals surface area contributed by atoms with Crippen molar-refractivity contribution >= 4 is 12.1 Å². The smallest absolute Gasteiger partial charge is 0.545 e. The molecule has 1 aromatic carbocycles. The Balaban J connectivity index is 0.00000385. The second-order valence-electron chi connectivity index (χ2n) is 8.74. The Hall–Kier alpha value is -2.53. The van der Waals surface area contributed by atoms with Gasteiger partial charge in [-0.1, -0.05) is 12.1 Å². The second kappa shape index (κ2) is 12.1. The number of hydrogen-bond acceptors (Lipinski definition) is 7. The van der Waals surface area contributed by atoms with E-state index in [-0.39, 0.29) is 30.5 Å². The van der Waals surface area contributed by atoms with Gasteiger partial charge in [-0.15, -0.1) is 0 Å². The van der Waals surface area contributed by atoms with E-state index in [4.69, 9.17) is 9.47 Å². The zero-order valence-electron chi connectivity index (χ0n) is 19.9. The normalized spacial score (nSPS) is 14.3. The molecule has 3 rings (SSSR count). The van der Waals surface area contributed by atoms with Crippen LogP contribution in [0.15, 0.2) is 42.7 Å². The van der Waals surface area contributed by atoms with Gasteiger partial charge >= 0.3 is 25.0 Å². The summed E-state index contributed by atoms with van der Waals surface area (Å²) in [5.74, 6) is -0.503. The molecule has 1 aliphatic heterocycles. The Bertz CT molecular complexity index is 922. The van der Waals surface area contributed by atoms with Crippen molar-refractivity contribution in [1.29, 1.82) is 0 Å². The van der Waals surface area contributed by atoms with Crippen molar-refractivity contribution in [3.05, 3.63) is 48.3 Å². The largest absolute Gasteiger partial charge is 1.00 e. The van der Waals surface area contributed by atoms with E-state index < -0.39 is 11.6 Å². The van der Waals surface area contributed by atoms with Gasteiger partial charge in [0.25, 0.3) is 0 Å². The second-order valence-corrected chi connectivity index (χ2v) is 8.74. The van der Waals surface area contributed by atoms with Crippen molar-refractivity contribution in [2.75, 3.05) is 39.3 Å². The fourth-order valence-electron chi connectivity index (χ4n) is 3.49. The quantitative estimate of drug-likeness (QED) is 0.415. The zero-order chi connectivity index (χ0) is 23.1. The average Bonchev–Trinajstić information content (AvgIpc) is 2.76. The van der Waals surface area contributed by atoms with Crippen molar-refractivity contribution in [2.45, 2.75) is 32.8 Å². The molecular formula is C24H30LiN3O5. The standard InChI is InChI=1S/C24H31N3O5.Li/c1-24(2,3)32-23(30)27-14-12-26(13-15-27)11-4-16-31-19-7-5-18(6-8-19)21-17-25-10-9-20(21)22(28)29;/h5-10,17H,4,11-16H2,1-3H3,(H,28,29);/q;+1/p-1. The Morgan fingerprint density at radius 2 is 1.73 bits per heavy atom. The minimum atomic E-state index is -1.23. The summed E-state index contributed by atoms with van der Waals surface area (Å²) in [4.78, 5) is 31.5. The summed E-state index contributed by atoms with van der Waals surface area (Å²) in [7, 11) is 0. The minimum Gasteiger partial charge on any atom is -0.545 e. The van der Waals surface area contributed by atoms with Crippen LogP contribution in [0.5, 0.6) is 5.75 Å². The molecule has 1 amide bonds. The molecule has 0 bridgehead atoms. The minimum absolute atomic E-state index is 0. The molecule has 0 radical (unpaired) electrons. The van der Waals surface area contributed by atoms with Crippen molar-refractivity contribution in [1.82, 2.24) is 14.8 Å². The first-order valence-corrected chi connectivity index (χ1v) is 10.8. The molecule has 0 atom stereocenters. The molecule has 1 saturated heterocycles.